The van der Waals surface area contributed by atoms with E-state index in [2.05, 4.69) is 39.2 Å². The molecular weight excluding hydrogens is 408 g/mol. The third-order valence-corrected chi connectivity index (χ3v) is 4.98. The summed E-state index contributed by atoms with van der Waals surface area (Å²) in [5.41, 5.74) is 4.13. The Morgan fingerprint density at radius 3 is 2.94 bits per heavy atom. The van der Waals surface area contributed by atoms with Gasteiger partial charge in [0.1, 0.15) is 0 Å². The molecule has 1 aromatic heterocycles. The number of aliphatic imine (C=N–C) groups is 1. The van der Waals surface area contributed by atoms with Crippen molar-refractivity contribution in [1.29, 1.82) is 0 Å². The average molecular weight is 441 g/mol. The van der Waals surface area contributed by atoms with Gasteiger partial charge >= 0.3 is 0 Å². The van der Waals surface area contributed by atoms with Crippen LogP contribution in [-0.4, -0.2) is 68.3 Å². The maximum Gasteiger partial charge on any atom is 0.220 e. The van der Waals surface area contributed by atoms with E-state index < -0.39 is 0 Å². The van der Waals surface area contributed by atoms with Gasteiger partial charge in [-0.2, -0.15) is 0 Å². The molecule has 0 spiro atoms. The Morgan fingerprint density at radius 1 is 1.31 bits per heavy atom. The number of ether oxygens (including phenoxy) is 2. The van der Waals surface area contributed by atoms with E-state index >= 15 is 0 Å². The quantitative estimate of drug-likeness (QED) is 0.410. The zero-order chi connectivity index (χ0) is 22.6. The van der Waals surface area contributed by atoms with E-state index in [4.69, 9.17) is 14.6 Å². The molecule has 0 saturated carbocycles. The van der Waals surface area contributed by atoms with Crippen molar-refractivity contribution in [3.8, 4) is 5.88 Å². The van der Waals surface area contributed by atoms with Crippen LogP contribution in [-0.2, 0) is 16.1 Å². The predicted octanol–water partition coefficient (Wildman–Crippen LogP) is 2.11. The number of hydrogen-bond acceptors (Lipinski definition) is 7. The first kappa shape index (κ1) is 23.7. The molecule has 32 heavy (non-hydrogen) atoms. The molecule has 2 N–H and O–H groups in total. The number of aliphatic hydroxyl groups is 1. The highest BCUT2D eigenvalue weighted by Gasteiger charge is 2.14. The number of nitrogens with zero attached hydrogens (tertiary/aromatic N) is 3. The molecule has 2 aromatic rings. The van der Waals surface area contributed by atoms with E-state index in [0.717, 1.165) is 30.0 Å². The lowest BCUT2D eigenvalue weighted by atomic mass is 10.1. The highest BCUT2D eigenvalue weighted by Crippen LogP contribution is 2.23. The molecule has 0 radical (unpaired) electrons. The van der Waals surface area contributed by atoms with Crippen LogP contribution in [0.1, 0.15) is 29.7 Å². The smallest absolute Gasteiger partial charge is 0.220 e. The summed E-state index contributed by atoms with van der Waals surface area (Å²) in [5, 5.41) is 11.4. The van der Waals surface area contributed by atoms with Crippen LogP contribution in [0.25, 0.3) is 0 Å². The Labute approximate surface area is 189 Å². The van der Waals surface area contributed by atoms with Gasteiger partial charge in [0.05, 0.1) is 38.7 Å². The van der Waals surface area contributed by atoms with Crippen LogP contribution >= 0.6 is 0 Å². The minimum Gasteiger partial charge on any atom is -0.478 e. The topological polar surface area (TPSA) is 96.3 Å². The number of aliphatic hydroxyl groups excluding tert-OH is 1. The molecule has 172 valence electrons. The SMILES string of the molecule is Cc1cccc(C=NCc2cc(N3CCOCC3)cc(OCCCC(=O)NCCO)n2)c1. The van der Waals surface area contributed by atoms with E-state index in [9.17, 15) is 4.79 Å². The molecule has 0 unspecified atom stereocenters. The van der Waals surface area contributed by atoms with Crippen molar-refractivity contribution in [2.24, 2.45) is 4.99 Å². The molecule has 1 fully saturated rings. The van der Waals surface area contributed by atoms with Crippen LogP contribution in [0.2, 0.25) is 0 Å². The molecule has 1 aliphatic rings. The normalized spacial score (nSPS) is 14.0. The number of benzene rings is 1. The zero-order valence-corrected chi connectivity index (χ0v) is 18.6. The molecule has 0 atom stereocenters. The van der Waals surface area contributed by atoms with Gasteiger partial charge in [-0.3, -0.25) is 9.79 Å². The Morgan fingerprint density at radius 2 is 2.16 bits per heavy atom. The van der Waals surface area contributed by atoms with Gasteiger partial charge in [0.2, 0.25) is 11.8 Å². The van der Waals surface area contributed by atoms with Gasteiger partial charge in [0.25, 0.3) is 0 Å². The van der Waals surface area contributed by atoms with Gasteiger partial charge in [-0.15, -0.1) is 0 Å². The first-order chi connectivity index (χ1) is 15.6. The molecule has 1 aromatic carbocycles. The minimum atomic E-state index is -0.0937. The summed E-state index contributed by atoms with van der Waals surface area (Å²) in [6.07, 6.45) is 2.78. The Hall–Kier alpha value is -2.97. The number of carbonyl (C=O) groups excluding carboxylic acids is 1. The van der Waals surface area contributed by atoms with Crippen LogP contribution < -0.4 is 15.0 Å². The van der Waals surface area contributed by atoms with Gasteiger partial charge in [-0.25, -0.2) is 4.98 Å². The molecule has 1 saturated heterocycles. The molecule has 1 aliphatic heterocycles. The summed E-state index contributed by atoms with van der Waals surface area (Å²) in [5.74, 6) is 0.439. The van der Waals surface area contributed by atoms with Gasteiger partial charge < -0.3 is 24.8 Å². The number of carbonyl (C=O) groups is 1. The zero-order valence-electron chi connectivity index (χ0n) is 18.6. The Balaban J connectivity index is 1.63. The Bertz CT molecular complexity index is 897. The molecular formula is C24H32N4O4. The lowest BCUT2D eigenvalue weighted by molar-refractivity contribution is -0.121. The number of anilines is 1. The molecule has 0 aliphatic carbocycles. The van der Waals surface area contributed by atoms with E-state index in [1.165, 1.54) is 5.56 Å². The van der Waals surface area contributed by atoms with Crippen molar-refractivity contribution in [3.63, 3.8) is 0 Å². The first-order valence-corrected chi connectivity index (χ1v) is 11.0. The molecule has 1 amide bonds. The highest BCUT2D eigenvalue weighted by molar-refractivity contribution is 5.79. The second kappa shape index (κ2) is 12.8. The van der Waals surface area contributed by atoms with E-state index in [1.54, 1.807) is 0 Å². The van der Waals surface area contributed by atoms with Gasteiger partial charge in [-0.1, -0.05) is 29.8 Å². The van der Waals surface area contributed by atoms with Crippen LogP contribution in [0.4, 0.5) is 5.69 Å². The first-order valence-electron chi connectivity index (χ1n) is 11.0. The fourth-order valence-corrected chi connectivity index (χ4v) is 3.39. The summed E-state index contributed by atoms with van der Waals surface area (Å²) in [4.78, 5) is 23.1. The number of aromatic nitrogens is 1. The van der Waals surface area contributed by atoms with Crippen LogP contribution in [0.15, 0.2) is 41.4 Å². The lowest BCUT2D eigenvalue weighted by Gasteiger charge is -2.29. The third-order valence-electron chi connectivity index (χ3n) is 4.98. The summed E-state index contributed by atoms with van der Waals surface area (Å²) in [6, 6.07) is 12.2. The van der Waals surface area contributed by atoms with Crippen molar-refractivity contribution >= 4 is 17.8 Å². The summed E-state index contributed by atoms with van der Waals surface area (Å²) in [6.45, 7) is 6.14. The number of amides is 1. The number of aryl methyl sites for hydroxylation is 1. The van der Waals surface area contributed by atoms with Crippen molar-refractivity contribution < 1.29 is 19.4 Å². The third kappa shape index (κ3) is 7.94. The van der Waals surface area contributed by atoms with Gasteiger partial charge in [0.15, 0.2) is 0 Å². The molecule has 2 heterocycles. The van der Waals surface area contributed by atoms with E-state index in [1.807, 2.05) is 30.5 Å². The van der Waals surface area contributed by atoms with E-state index in [0.29, 0.717) is 45.1 Å². The Kier molecular flexibility index (Phi) is 9.46. The molecule has 3 rings (SSSR count). The minimum absolute atomic E-state index is 0.0599. The van der Waals surface area contributed by atoms with Crippen LogP contribution in [0.5, 0.6) is 5.88 Å². The summed E-state index contributed by atoms with van der Waals surface area (Å²) in [7, 11) is 0. The van der Waals surface area contributed by atoms with Crippen LogP contribution in [0, 0.1) is 6.92 Å². The van der Waals surface area contributed by atoms with Crippen molar-refractivity contribution in [1.82, 2.24) is 10.3 Å². The lowest BCUT2D eigenvalue weighted by Crippen LogP contribution is -2.36. The fraction of sp³-hybridized carbons (Fsp3) is 0.458. The molecule has 8 heteroatoms. The monoisotopic (exact) mass is 440 g/mol. The number of pyridine rings is 1. The summed E-state index contributed by atoms with van der Waals surface area (Å²) < 4.78 is 11.3. The second-order valence-electron chi connectivity index (χ2n) is 7.66. The predicted molar refractivity (Wildman–Crippen MR) is 125 cm³/mol. The maximum atomic E-state index is 11.7. The van der Waals surface area contributed by atoms with Crippen molar-refractivity contribution in [2.75, 3.05) is 51.0 Å². The molecule has 0 bridgehead atoms. The molecule has 8 nitrogen and oxygen atoms in total. The number of morpholine rings is 1. The number of nitrogens with one attached hydrogen (secondary N) is 1. The van der Waals surface area contributed by atoms with Crippen LogP contribution in [0.3, 0.4) is 0 Å². The number of hydrogen-bond donors (Lipinski definition) is 2. The average Bonchev–Trinajstić information content (AvgIpc) is 2.81. The maximum absolute atomic E-state index is 11.7. The van der Waals surface area contributed by atoms with Gasteiger partial charge in [-0.05, 0) is 25.0 Å². The van der Waals surface area contributed by atoms with Crippen molar-refractivity contribution in [2.45, 2.75) is 26.3 Å². The summed E-state index contributed by atoms with van der Waals surface area (Å²) >= 11 is 0. The standard InChI is InChI=1S/C24H32N4O4/c1-19-4-2-5-20(14-19)17-25-18-21-15-22(28-8-12-31-13-9-28)16-24(27-21)32-11-3-6-23(30)26-7-10-29/h2,4-5,14-17,29H,3,6-13,18H2,1H3,(H,26,30). The van der Waals surface area contributed by atoms with E-state index in [-0.39, 0.29) is 19.1 Å². The second-order valence-corrected chi connectivity index (χ2v) is 7.66. The highest BCUT2D eigenvalue weighted by atomic mass is 16.5. The van der Waals surface area contributed by atoms with Crippen molar-refractivity contribution in [3.05, 3.63) is 53.2 Å². The fourth-order valence-electron chi connectivity index (χ4n) is 3.39. The number of rotatable bonds is 11. The van der Waals surface area contributed by atoms with Gasteiger partial charge in [0, 0.05) is 44.0 Å². The largest absolute Gasteiger partial charge is 0.478 e.